The summed E-state index contributed by atoms with van der Waals surface area (Å²) in [6.45, 7) is 5.67. The van der Waals surface area contributed by atoms with Crippen LogP contribution in [0, 0.1) is 6.61 Å². The van der Waals surface area contributed by atoms with Gasteiger partial charge in [0.1, 0.15) is 6.61 Å². The lowest BCUT2D eigenvalue weighted by molar-refractivity contribution is 0.413. The molecule has 0 unspecified atom stereocenters. The summed E-state index contributed by atoms with van der Waals surface area (Å²) in [6.07, 6.45) is 2.56. The molecular formula is C13H17O. The van der Waals surface area contributed by atoms with Crippen LogP contribution in [0.15, 0.2) is 18.2 Å². The molecule has 2 rings (SSSR count). The van der Waals surface area contributed by atoms with E-state index in [1.54, 1.807) is 0 Å². The quantitative estimate of drug-likeness (QED) is 0.770. The van der Waals surface area contributed by atoms with Gasteiger partial charge in [0.15, 0.2) is 0 Å². The maximum Gasteiger partial charge on any atom is 0.109 e. The zero-order valence-corrected chi connectivity index (χ0v) is 8.83. The van der Waals surface area contributed by atoms with E-state index < -0.39 is 0 Å². The van der Waals surface area contributed by atoms with Crippen LogP contribution in [0.25, 0.3) is 0 Å². The molecule has 1 nitrogen and oxygen atoms in total. The van der Waals surface area contributed by atoms with Gasteiger partial charge >= 0.3 is 0 Å². The molecule has 1 heteroatoms. The highest BCUT2D eigenvalue weighted by atomic mass is 16.3. The highest BCUT2D eigenvalue weighted by Crippen LogP contribution is 2.45. The van der Waals surface area contributed by atoms with Crippen LogP contribution in [0.2, 0.25) is 0 Å². The number of aliphatic hydroxyl groups is 1. The van der Waals surface area contributed by atoms with Gasteiger partial charge in [-0.1, -0.05) is 32.0 Å². The van der Waals surface area contributed by atoms with E-state index in [2.05, 4.69) is 19.9 Å². The molecule has 0 aromatic heterocycles. The molecule has 0 atom stereocenters. The van der Waals surface area contributed by atoms with Crippen molar-refractivity contribution in [2.75, 3.05) is 0 Å². The first-order valence-electron chi connectivity index (χ1n) is 5.34. The van der Waals surface area contributed by atoms with Crippen LogP contribution < -0.4 is 0 Å². The van der Waals surface area contributed by atoms with Crippen LogP contribution in [0.1, 0.15) is 55.2 Å². The highest BCUT2D eigenvalue weighted by Gasteiger charge is 2.28. The van der Waals surface area contributed by atoms with Gasteiger partial charge in [0.05, 0.1) is 0 Å². The van der Waals surface area contributed by atoms with Gasteiger partial charge in [-0.25, -0.2) is 0 Å². The minimum Gasteiger partial charge on any atom is -0.385 e. The third kappa shape index (κ3) is 1.69. The lowest BCUT2D eigenvalue weighted by Gasteiger charge is -2.15. The zero-order valence-electron chi connectivity index (χ0n) is 8.83. The molecule has 0 heterocycles. The normalized spacial score (nSPS) is 16.3. The van der Waals surface area contributed by atoms with Crippen molar-refractivity contribution < 1.29 is 5.11 Å². The van der Waals surface area contributed by atoms with E-state index in [9.17, 15) is 5.11 Å². The van der Waals surface area contributed by atoms with Gasteiger partial charge in [0.2, 0.25) is 0 Å². The van der Waals surface area contributed by atoms with Crippen LogP contribution in [0.4, 0.5) is 0 Å². The van der Waals surface area contributed by atoms with Crippen molar-refractivity contribution in [3.8, 4) is 0 Å². The Labute approximate surface area is 85.8 Å². The number of hydrogen-bond acceptors (Lipinski definition) is 1. The van der Waals surface area contributed by atoms with Gasteiger partial charge in [0, 0.05) is 0 Å². The van der Waals surface area contributed by atoms with Gasteiger partial charge in [0.25, 0.3) is 0 Å². The molecule has 14 heavy (non-hydrogen) atoms. The summed E-state index contributed by atoms with van der Waals surface area (Å²) in [5.41, 5.74) is 3.79. The van der Waals surface area contributed by atoms with Crippen molar-refractivity contribution in [3.63, 3.8) is 0 Å². The SMILES string of the molecule is CC(C)c1cccc([CH]O)c1C1CC1. The second-order valence-electron chi connectivity index (χ2n) is 4.41. The van der Waals surface area contributed by atoms with E-state index in [4.69, 9.17) is 0 Å². The first kappa shape index (κ1) is 9.72. The molecule has 1 N–H and O–H groups in total. The Morgan fingerprint density at radius 1 is 1.36 bits per heavy atom. The van der Waals surface area contributed by atoms with Gasteiger partial charge in [-0.3, -0.25) is 0 Å². The first-order valence-corrected chi connectivity index (χ1v) is 5.34. The van der Waals surface area contributed by atoms with Crippen molar-refractivity contribution in [2.45, 2.75) is 38.5 Å². The van der Waals surface area contributed by atoms with Crippen molar-refractivity contribution in [3.05, 3.63) is 41.5 Å². The minimum absolute atomic E-state index is 0.547. The predicted octanol–water partition coefficient (Wildman–Crippen LogP) is 3.57. The van der Waals surface area contributed by atoms with Crippen LogP contribution in [0.3, 0.4) is 0 Å². The molecule has 0 bridgehead atoms. The van der Waals surface area contributed by atoms with Crippen molar-refractivity contribution in [2.24, 2.45) is 0 Å². The fourth-order valence-electron chi connectivity index (χ4n) is 2.06. The molecule has 1 radical (unpaired) electrons. The van der Waals surface area contributed by atoms with Crippen LogP contribution in [-0.4, -0.2) is 5.11 Å². The van der Waals surface area contributed by atoms with E-state index in [1.165, 1.54) is 30.6 Å². The molecule has 0 spiro atoms. The molecule has 1 aliphatic carbocycles. The van der Waals surface area contributed by atoms with Crippen molar-refractivity contribution >= 4 is 0 Å². The summed E-state index contributed by atoms with van der Waals surface area (Å²) in [7, 11) is 0. The zero-order chi connectivity index (χ0) is 10.1. The standard InChI is InChI=1S/C13H17O/c1-9(2)12-5-3-4-11(8-14)13(12)10-6-7-10/h3-5,8-10,14H,6-7H2,1-2H3. The summed E-state index contributed by atoms with van der Waals surface area (Å²) >= 11 is 0. The maximum absolute atomic E-state index is 9.18. The number of benzene rings is 1. The number of aliphatic hydroxyl groups excluding tert-OH is 1. The van der Waals surface area contributed by atoms with Gasteiger partial charge < -0.3 is 5.11 Å². The Balaban J connectivity index is 2.47. The molecule has 1 saturated carbocycles. The largest absolute Gasteiger partial charge is 0.385 e. The fraction of sp³-hybridized carbons (Fsp3) is 0.462. The molecule has 1 aromatic rings. The molecule has 1 aromatic carbocycles. The molecule has 0 saturated heterocycles. The highest BCUT2D eigenvalue weighted by molar-refractivity contribution is 5.44. The summed E-state index contributed by atoms with van der Waals surface area (Å²) in [5, 5.41) is 9.18. The summed E-state index contributed by atoms with van der Waals surface area (Å²) in [5.74, 6) is 1.25. The van der Waals surface area contributed by atoms with Crippen LogP contribution >= 0.6 is 0 Å². The Morgan fingerprint density at radius 3 is 2.57 bits per heavy atom. The summed E-state index contributed by atoms with van der Waals surface area (Å²) in [6, 6.07) is 6.22. The van der Waals surface area contributed by atoms with Crippen LogP contribution in [-0.2, 0) is 0 Å². The average Bonchev–Trinajstić information content (AvgIpc) is 2.99. The lowest BCUT2D eigenvalue weighted by Crippen LogP contribution is -1.99. The Kier molecular flexibility index (Phi) is 2.60. The van der Waals surface area contributed by atoms with Crippen molar-refractivity contribution in [1.29, 1.82) is 0 Å². The van der Waals surface area contributed by atoms with Gasteiger partial charge in [-0.05, 0) is 41.4 Å². The van der Waals surface area contributed by atoms with Crippen molar-refractivity contribution in [1.82, 2.24) is 0 Å². The molecule has 75 valence electrons. The molecule has 1 fully saturated rings. The van der Waals surface area contributed by atoms with Crippen LogP contribution in [0.5, 0.6) is 0 Å². The maximum atomic E-state index is 9.18. The Hall–Kier alpha value is -0.820. The van der Waals surface area contributed by atoms with E-state index in [1.807, 2.05) is 12.1 Å². The average molecular weight is 189 g/mol. The second-order valence-corrected chi connectivity index (χ2v) is 4.41. The Bertz CT molecular complexity index is 324. The summed E-state index contributed by atoms with van der Waals surface area (Å²) in [4.78, 5) is 0. The minimum atomic E-state index is 0.547. The molecule has 1 aliphatic rings. The third-order valence-electron chi connectivity index (χ3n) is 2.92. The fourth-order valence-corrected chi connectivity index (χ4v) is 2.06. The predicted molar refractivity (Wildman–Crippen MR) is 57.8 cm³/mol. The van der Waals surface area contributed by atoms with E-state index >= 15 is 0 Å². The number of hydrogen-bond donors (Lipinski definition) is 1. The van der Waals surface area contributed by atoms with Gasteiger partial charge in [-0.15, -0.1) is 0 Å². The van der Waals surface area contributed by atoms with E-state index in [0.29, 0.717) is 11.8 Å². The van der Waals surface area contributed by atoms with Gasteiger partial charge in [-0.2, -0.15) is 0 Å². The van der Waals surface area contributed by atoms with E-state index in [-0.39, 0.29) is 0 Å². The number of rotatable bonds is 3. The second kappa shape index (κ2) is 3.74. The summed E-state index contributed by atoms with van der Waals surface area (Å²) < 4.78 is 0. The Morgan fingerprint density at radius 2 is 2.07 bits per heavy atom. The third-order valence-corrected chi connectivity index (χ3v) is 2.92. The first-order chi connectivity index (χ1) is 6.74. The molecule has 0 aliphatic heterocycles. The monoisotopic (exact) mass is 189 g/mol. The lowest BCUT2D eigenvalue weighted by atomic mass is 9.91. The van der Waals surface area contributed by atoms with E-state index in [0.717, 1.165) is 5.56 Å². The smallest absolute Gasteiger partial charge is 0.109 e. The molecular weight excluding hydrogens is 172 g/mol. The molecule has 0 amide bonds. The topological polar surface area (TPSA) is 20.2 Å².